The van der Waals surface area contributed by atoms with Gasteiger partial charge in [-0.15, -0.1) is 24.0 Å². The molecule has 2 N–H and O–H groups in total. The third-order valence-electron chi connectivity index (χ3n) is 4.04. The van der Waals surface area contributed by atoms with Crippen LogP contribution in [0.4, 0.5) is 0 Å². The van der Waals surface area contributed by atoms with Gasteiger partial charge in [0.25, 0.3) is 0 Å². The molecule has 0 aliphatic carbocycles. The van der Waals surface area contributed by atoms with Crippen LogP contribution >= 0.6 is 24.0 Å². The van der Waals surface area contributed by atoms with Gasteiger partial charge >= 0.3 is 0 Å². The molecule has 1 aromatic carbocycles. The van der Waals surface area contributed by atoms with E-state index in [0.717, 1.165) is 45.1 Å². The van der Waals surface area contributed by atoms with E-state index in [1.165, 1.54) is 11.1 Å². The van der Waals surface area contributed by atoms with Crippen LogP contribution < -0.4 is 10.6 Å². The molecule has 0 radical (unpaired) electrons. The van der Waals surface area contributed by atoms with Gasteiger partial charge in [0.1, 0.15) is 0 Å². The van der Waals surface area contributed by atoms with Crippen LogP contribution in [0.5, 0.6) is 0 Å². The molecule has 1 aliphatic rings. The van der Waals surface area contributed by atoms with Gasteiger partial charge in [-0.3, -0.25) is 9.89 Å². The number of methoxy groups -OCH3 is 1. The van der Waals surface area contributed by atoms with Gasteiger partial charge in [0.15, 0.2) is 5.96 Å². The van der Waals surface area contributed by atoms with E-state index >= 15 is 0 Å². The minimum Gasteiger partial charge on any atom is -0.383 e. The lowest BCUT2D eigenvalue weighted by Crippen LogP contribution is -2.44. The standard InChI is InChI=1S/C18H30N4O.HI/c1-4-19-18(21-15(2)14-23-3)20-10-12-22-11-9-16-7-5-6-8-17(16)13-22;/h5-8,15H,4,9-14H2,1-3H3,(H2,19,20,21);1H. The van der Waals surface area contributed by atoms with Crippen LogP contribution in [0.2, 0.25) is 0 Å². The van der Waals surface area contributed by atoms with Crippen molar-refractivity contribution in [2.24, 2.45) is 4.99 Å². The zero-order chi connectivity index (χ0) is 16.5. The topological polar surface area (TPSA) is 48.9 Å². The Morgan fingerprint density at radius 2 is 2.08 bits per heavy atom. The van der Waals surface area contributed by atoms with E-state index in [1.807, 2.05) is 0 Å². The van der Waals surface area contributed by atoms with Crippen molar-refractivity contribution in [3.05, 3.63) is 35.4 Å². The Kier molecular flexibility index (Phi) is 10.3. The van der Waals surface area contributed by atoms with E-state index in [1.54, 1.807) is 7.11 Å². The Hall–Kier alpha value is -0.860. The number of nitrogens with zero attached hydrogens (tertiary/aromatic N) is 2. The van der Waals surface area contributed by atoms with Gasteiger partial charge in [-0.2, -0.15) is 0 Å². The van der Waals surface area contributed by atoms with E-state index in [-0.39, 0.29) is 30.0 Å². The van der Waals surface area contributed by atoms with E-state index in [4.69, 9.17) is 4.74 Å². The largest absolute Gasteiger partial charge is 0.383 e. The molecule has 0 amide bonds. The zero-order valence-corrected chi connectivity index (χ0v) is 17.4. The zero-order valence-electron chi connectivity index (χ0n) is 15.0. The molecular formula is C18H31IN4O. The average Bonchev–Trinajstić information content (AvgIpc) is 2.55. The van der Waals surface area contributed by atoms with Crippen molar-refractivity contribution in [3.8, 4) is 0 Å². The molecule has 1 atom stereocenters. The quantitative estimate of drug-likeness (QED) is 0.383. The average molecular weight is 446 g/mol. The summed E-state index contributed by atoms with van der Waals surface area (Å²) in [5.74, 6) is 0.870. The van der Waals surface area contributed by atoms with Crippen LogP contribution in [-0.4, -0.2) is 56.8 Å². The fourth-order valence-corrected chi connectivity index (χ4v) is 2.89. The van der Waals surface area contributed by atoms with Gasteiger partial charge in [-0.05, 0) is 31.4 Å². The van der Waals surface area contributed by atoms with Crippen LogP contribution in [0.25, 0.3) is 0 Å². The molecule has 6 heteroatoms. The lowest BCUT2D eigenvalue weighted by atomic mass is 10.0. The molecule has 0 aromatic heterocycles. The van der Waals surface area contributed by atoms with Gasteiger partial charge < -0.3 is 15.4 Å². The van der Waals surface area contributed by atoms with E-state index in [2.05, 4.69) is 58.6 Å². The number of benzene rings is 1. The molecule has 0 saturated heterocycles. The Bertz CT molecular complexity index is 510. The molecule has 1 aromatic rings. The van der Waals surface area contributed by atoms with E-state index in [9.17, 15) is 0 Å². The highest BCUT2D eigenvalue weighted by Crippen LogP contribution is 2.17. The summed E-state index contributed by atoms with van der Waals surface area (Å²) in [5.41, 5.74) is 2.96. The lowest BCUT2D eigenvalue weighted by Gasteiger charge is -2.28. The predicted octanol–water partition coefficient (Wildman–Crippen LogP) is 2.25. The second-order valence-electron chi connectivity index (χ2n) is 6.06. The number of ether oxygens (including phenoxy) is 1. The summed E-state index contributed by atoms with van der Waals surface area (Å²) in [6, 6.07) is 9.00. The first kappa shape index (κ1) is 21.2. The number of hydrogen-bond donors (Lipinski definition) is 2. The first-order chi connectivity index (χ1) is 11.2. The highest BCUT2D eigenvalue weighted by molar-refractivity contribution is 14.0. The fourth-order valence-electron chi connectivity index (χ4n) is 2.89. The van der Waals surface area contributed by atoms with Crippen LogP contribution in [-0.2, 0) is 17.7 Å². The minimum atomic E-state index is 0. The van der Waals surface area contributed by atoms with Crippen LogP contribution in [0.3, 0.4) is 0 Å². The van der Waals surface area contributed by atoms with Gasteiger partial charge in [0.05, 0.1) is 13.2 Å². The molecule has 0 saturated carbocycles. The van der Waals surface area contributed by atoms with Crippen molar-refractivity contribution in [1.29, 1.82) is 0 Å². The first-order valence-electron chi connectivity index (χ1n) is 8.55. The second-order valence-corrected chi connectivity index (χ2v) is 6.06. The molecule has 1 unspecified atom stereocenters. The SMILES string of the molecule is CCNC(=NCCN1CCc2ccccc2C1)NC(C)COC.I. The van der Waals surface area contributed by atoms with Crippen molar-refractivity contribution in [3.63, 3.8) is 0 Å². The summed E-state index contributed by atoms with van der Waals surface area (Å²) < 4.78 is 5.16. The van der Waals surface area contributed by atoms with Gasteiger partial charge in [0, 0.05) is 39.3 Å². The van der Waals surface area contributed by atoms with Crippen LogP contribution in [0, 0.1) is 0 Å². The maximum atomic E-state index is 5.16. The molecule has 24 heavy (non-hydrogen) atoms. The monoisotopic (exact) mass is 446 g/mol. The molecule has 0 bridgehead atoms. The number of guanidine groups is 1. The summed E-state index contributed by atoms with van der Waals surface area (Å²) in [7, 11) is 1.72. The fraction of sp³-hybridized carbons (Fsp3) is 0.611. The van der Waals surface area contributed by atoms with Crippen molar-refractivity contribution < 1.29 is 4.74 Å². The normalized spacial score (nSPS) is 16.0. The maximum Gasteiger partial charge on any atom is 0.191 e. The minimum absolute atomic E-state index is 0. The smallest absolute Gasteiger partial charge is 0.191 e. The van der Waals surface area contributed by atoms with Gasteiger partial charge in [-0.25, -0.2) is 0 Å². The number of fused-ring (bicyclic) bond motifs is 1. The predicted molar refractivity (Wildman–Crippen MR) is 111 cm³/mol. The third kappa shape index (κ3) is 6.94. The van der Waals surface area contributed by atoms with Gasteiger partial charge in [0.2, 0.25) is 0 Å². The maximum absolute atomic E-state index is 5.16. The Morgan fingerprint density at radius 3 is 2.79 bits per heavy atom. The first-order valence-corrected chi connectivity index (χ1v) is 8.55. The summed E-state index contributed by atoms with van der Waals surface area (Å²) >= 11 is 0. The highest BCUT2D eigenvalue weighted by Gasteiger charge is 2.14. The Morgan fingerprint density at radius 1 is 1.33 bits per heavy atom. The molecule has 136 valence electrons. The molecule has 5 nitrogen and oxygen atoms in total. The lowest BCUT2D eigenvalue weighted by molar-refractivity contribution is 0.179. The second kappa shape index (κ2) is 11.7. The number of nitrogens with one attached hydrogen (secondary N) is 2. The van der Waals surface area contributed by atoms with Crippen molar-refractivity contribution in [2.75, 3.05) is 39.9 Å². The Labute approximate surface area is 163 Å². The molecule has 1 heterocycles. The Balaban J connectivity index is 0.00000288. The summed E-state index contributed by atoms with van der Waals surface area (Å²) in [6.45, 7) is 9.67. The van der Waals surface area contributed by atoms with Crippen molar-refractivity contribution in [1.82, 2.24) is 15.5 Å². The summed E-state index contributed by atoms with van der Waals surface area (Å²) in [6.07, 6.45) is 1.14. The summed E-state index contributed by atoms with van der Waals surface area (Å²) in [5, 5.41) is 6.66. The molecule has 2 rings (SSSR count). The van der Waals surface area contributed by atoms with Crippen molar-refractivity contribution >= 4 is 29.9 Å². The number of rotatable bonds is 7. The van der Waals surface area contributed by atoms with Crippen LogP contribution in [0.1, 0.15) is 25.0 Å². The van der Waals surface area contributed by atoms with Crippen LogP contribution in [0.15, 0.2) is 29.3 Å². The third-order valence-corrected chi connectivity index (χ3v) is 4.04. The molecular weight excluding hydrogens is 415 g/mol. The summed E-state index contributed by atoms with van der Waals surface area (Å²) in [4.78, 5) is 7.16. The van der Waals surface area contributed by atoms with Crippen molar-refractivity contribution in [2.45, 2.75) is 32.9 Å². The number of halogens is 1. The molecule has 0 spiro atoms. The molecule has 1 aliphatic heterocycles. The number of hydrogen-bond acceptors (Lipinski definition) is 3. The molecule has 0 fully saturated rings. The highest BCUT2D eigenvalue weighted by atomic mass is 127. The van der Waals surface area contributed by atoms with E-state index < -0.39 is 0 Å². The number of aliphatic imine (C=N–C) groups is 1. The van der Waals surface area contributed by atoms with E-state index in [0.29, 0.717) is 6.61 Å². The van der Waals surface area contributed by atoms with Gasteiger partial charge in [-0.1, -0.05) is 24.3 Å².